The Labute approximate surface area is 254 Å². The van der Waals surface area contributed by atoms with Crippen LogP contribution in [0, 0.1) is 5.82 Å². The lowest BCUT2D eigenvalue weighted by Crippen LogP contribution is -2.38. The minimum absolute atomic E-state index is 0.0112. The molecule has 4 aromatic rings. The topological polar surface area (TPSA) is 105 Å². The van der Waals surface area contributed by atoms with Crippen molar-refractivity contribution < 1.29 is 23.5 Å². The van der Waals surface area contributed by atoms with E-state index >= 15 is 4.39 Å². The van der Waals surface area contributed by atoms with Crippen molar-refractivity contribution in [2.24, 2.45) is 0 Å². The number of morpholine rings is 1. The van der Waals surface area contributed by atoms with E-state index in [1.54, 1.807) is 4.57 Å². The maximum atomic E-state index is 15.8. The minimum Gasteiger partial charge on any atom is -0.451 e. The molecule has 10 nitrogen and oxygen atoms in total. The number of ether oxygens (including phenoxy) is 2. The van der Waals surface area contributed by atoms with Gasteiger partial charge in [-0.1, -0.05) is 24.3 Å². The van der Waals surface area contributed by atoms with Gasteiger partial charge in [0.25, 0.3) is 5.91 Å². The molecule has 3 heterocycles. The van der Waals surface area contributed by atoms with Crippen molar-refractivity contribution in [2.45, 2.75) is 19.3 Å². The predicted octanol–water partition coefficient (Wildman–Crippen LogP) is 4.12. The molecule has 44 heavy (non-hydrogen) atoms. The van der Waals surface area contributed by atoms with E-state index in [9.17, 15) is 14.4 Å². The van der Waals surface area contributed by atoms with Crippen LogP contribution in [0.15, 0.2) is 53.5 Å². The van der Waals surface area contributed by atoms with Gasteiger partial charge in [-0.25, -0.2) is 4.39 Å². The average molecular weight is 602 g/mol. The van der Waals surface area contributed by atoms with Gasteiger partial charge in [-0.15, -0.1) is 0 Å². The number of carbonyl (C=O) groups is 2. The van der Waals surface area contributed by atoms with Crippen LogP contribution < -0.4 is 20.8 Å². The van der Waals surface area contributed by atoms with E-state index in [2.05, 4.69) is 20.4 Å². The van der Waals surface area contributed by atoms with Gasteiger partial charge in [-0.3, -0.25) is 19.3 Å². The smallest absolute Gasteiger partial charge is 0.256 e. The minimum atomic E-state index is -0.818. The van der Waals surface area contributed by atoms with Gasteiger partial charge in [0.2, 0.25) is 11.3 Å². The summed E-state index contributed by atoms with van der Waals surface area (Å²) < 4.78 is 29.1. The fourth-order valence-electron chi connectivity index (χ4n) is 5.72. The number of rotatable bonds is 10. The zero-order chi connectivity index (χ0) is 30.8. The molecule has 11 heteroatoms. The second-order valence-electron chi connectivity index (χ2n) is 11.5. The number of unbranched alkanes of at least 4 members (excludes halogenated alkanes) is 1. The normalized spacial score (nSPS) is 14.5. The third-order valence-electron chi connectivity index (χ3n) is 8.08. The Morgan fingerprint density at radius 3 is 2.55 bits per heavy atom. The molecule has 0 unspecified atom stereocenters. The number of benzene rings is 3. The summed E-state index contributed by atoms with van der Waals surface area (Å²) in [5, 5.41) is 7.36. The van der Waals surface area contributed by atoms with Gasteiger partial charge in [0.1, 0.15) is 16.8 Å². The van der Waals surface area contributed by atoms with Crippen molar-refractivity contribution in [3.05, 3.63) is 70.3 Å². The fraction of sp³-hybridized carbons (Fsp3) is 0.364. The monoisotopic (exact) mass is 601 g/mol. The Morgan fingerprint density at radius 1 is 1.05 bits per heavy atom. The Bertz CT molecular complexity index is 1800. The summed E-state index contributed by atoms with van der Waals surface area (Å²) in [6.07, 6.45) is 3.28. The highest BCUT2D eigenvalue weighted by Crippen LogP contribution is 2.46. The molecule has 0 aliphatic carbocycles. The van der Waals surface area contributed by atoms with Crippen molar-refractivity contribution in [3.63, 3.8) is 0 Å². The highest BCUT2D eigenvalue weighted by molar-refractivity contribution is 6.04. The van der Waals surface area contributed by atoms with Crippen LogP contribution in [0.2, 0.25) is 0 Å². The molecule has 0 spiro atoms. The fourth-order valence-corrected chi connectivity index (χ4v) is 5.72. The van der Waals surface area contributed by atoms with E-state index in [0.29, 0.717) is 37.7 Å². The van der Waals surface area contributed by atoms with Gasteiger partial charge in [0, 0.05) is 38.8 Å². The molecular formula is C33H36FN5O5. The zero-order valence-corrected chi connectivity index (χ0v) is 25.0. The highest BCUT2D eigenvalue weighted by Gasteiger charge is 2.29. The van der Waals surface area contributed by atoms with Gasteiger partial charge in [0.05, 0.1) is 24.3 Å². The van der Waals surface area contributed by atoms with E-state index < -0.39 is 17.2 Å². The molecule has 3 aromatic carbocycles. The summed E-state index contributed by atoms with van der Waals surface area (Å²) in [5.41, 5.74) is 0.0242. The van der Waals surface area contributed by atoms with E-state index in [1.807, 2.05) is 50.5 Å². The summed E-state index contributed by atoms with van der Waals surface area (Å²) in [4.78, 5) is 44.1. The average Bonchev–Trinajstić information content (AvgIpc) is 3.02. The molecule has 2 amide bonds. The number of anilines is 1. The van der Waals surface area contributed by atoms with Crippen molar-refractivity contribution in [1.82, 2.24) is 19.7 Å². The Morgan fingerprint density at radius 2 is 1.80 bits per heavy atom. The van der Waals surface area contributed by atoms with Crippen molar-refractivity contribution in [1.29, 1.82) is 0 Å². The summed E-state index contributed by atoms with van der Waals surface area (Å²) >= 11 is 0. The maximum Gasteiger partial charge on any atom is 0.256 e. The highest BCUT2D eigenvalue weighted by atomic mass is 19.1. The third-order valence-corrected chi connectivity index (χ3v) is 8.08. The van der Waals surface area contributed by atoms with E-state index in [0.717, 1.165) is 49.3 Å². The number of hydrogen-bond acceptors (Lipinski definition) is 7. The lowest BCUT2D eigenvalue weighted by molar-refractivity contribution is -0.116. The number of halogens is 1. The van der Waals surface area contributed by atoms with Crippen molar-refractivity contribution in [2.75, 3.05) is 65.3 Å². The Hall–Kier alpha value is -4.32. The number of aromatic nitrogens is 1. The molecule has 2 aliphatic heterocycles. The maximum absolute atomic E-state index is 15.8. The first kappa shape index (κ1) is 29.7. The number of nitrogens with zero attached hydrogens (tertiary/aromatic N) is 3. The van der Waals surface area contributed by atoms with E-state index in [4.69, 9.17) is 9.47 Å². The van der Waals surface area contributed by atoms with Crippen LogP contribution in [0.4, 0.5) is 10.1 Å². The standard InChI is InChI=1S/C33H36FN5O5/c1-37(2)11-6-5-10-35-33(42)24-20-39-26-17-21-7-3-4-8-22(21)18-27(26)44-32-29(25(34)19-23(30(32)39)31(24)41)36-28(40)9-12-38-13-15-43-16-14-38/h3-4,7-8,17-20H,5-6,9-16H2,1-2H3,(H,35,42)(H,36,40). The van der Waals surface area contributed by atoms with Crippen LogP contribution in [0.1, 0.15) is 29.6 Å². The SMILES string of the molecule is CN(C)CCCCNC(=O)c1cn2c3c(c(NC(=O)CCN4CCOCC4)c(F)cc3c1=O)Oc1cc3ccccc3cc1-2. The number of hydrogen-bond donors (Lipinski definition) is 2. The first-order chi connectivity index (χ1) is 21.3. The molecular weight excluding hydrogens is 565 g/mol. The molecule has 0 bridgehead atoms. The molecule has 230 valence electrons. The Kier molecular flexibility index (Phi) is 8.60. The molecule has 2 N–H and O–H groups in total. The molecule has 2 aliphatic rings. The number of amides is 2. The van der Waals surface area contributed by atoms with Gasteiger partial charge in [0.15, 0.2) is 17.3 Å². The first-order valence-electron chi connectivity index (χ1n) is 15.0. The summed E-state index contributed by atoms with van der Waals surface area (Å²) in [7, 11) is 3.97. The summed E-state index contributed by atoms with van der Waals surface area (Å²) in [6, 6.07) is 12.5. The molecule has 1 aromatic heterocycles. The number of fused-ring (bicyclic) bond motifs is 3. The third kappa shape index (κ3) is 6.03. The van der Waals surface area contributed by atoms with Gasteiger partial charge in [-0.2, -0.15) is 0 Å². The lowest BCUT2D eigenvalue weighted by atomic mass is 10.0. The van der Waals surface area contributed by atoms with Crippen LogP contribution in [0.5, 0.6) is 11.5 Å². The molecule has 0 radical (unpaired) electrons. The largest absolute Gasteiger partial charge is 0.451 e. The number of carbonyl (C=O) groups excluding carboxylic acids is 2. The summed E-state index contributed by atoms with van der Waals surface area (Å²) in [5.74, 6) is -1.29. The summed E-state index contributed by atoms with van der Waals surface area (Å²) in [6.45, 7) is 4.49. The van der Waals surface area contributed by atoms with Gasteiger partial charge in [-0.05, 0) is 62.5 Å². The first-order valence-corrected chi connectivity index (χ1v) is 15.0. The van der Waals surface area contributed by atoms with Crippen molar-refractivity contribution >= 4 is 39.2 Å². The molecule has 1 saturated heterocycles. The molecule has 6 rings (SSSR count). The quantitative estimate of drug-likeness (QED) is 0.232. The number of pyridine rings is 1. The van der Waals surface area contributed by atoms with Crippen LogP contribution in [-0.4, -0.2) is 86.2 Å². The predicted molar refractivity (Wildman–Crippen MR) is 168 cm³/mol. The molecule has 0 saturated carbocycles. The zero-order valence-electron chi connectivity index (χ0n) is 25.0. The van der Waals surface area contributed by atoms with Gasteiger partial charge >= 0.3 is 0 Å². The van der Waals surface area contributed by atoms with Crippen molar-refractivity contribution in [3.8, 4) is 17.2 Å². The lowest BCUT2D eigenvalue weighted by Gasteiger charge is -2.27. The van der Waals surface area contributed by atoms with Crippen LogP contribution in [0.3, 0.4) is 0 Å². The van der Waals surface area contributed by atoms with Crippen LogP contribution in [-0.2, 0) is 9.53 Å². The Balaban J connectivity index is 1.39. The van der Waals surface area contributed by atoms with Gasteiger partial charge < -0.3 is 29.6 Å². The molecule has 1 fully saturated rings. The van der Waals surface area contributed by atoms with Crippen LogP contribution in [0.25, 0.3) is 27.4 Å². The van der Waals surface area contributed by atoms with Crippen LogP contribution >= 0.6 is 0 Å². The van der Waals surface area contributed by atoms with E-state index in [-0.39, 0.29) is 40.2 Å². The second kappa shape index (κ2) is 12.7. The number of nitrogens with one attached hydrogen (secondary N) is 2. The molecule has 0 atom stereocenters. The second-order valence-corrected chi connectivity index (χ2v) is 11.5. The van der Waals surface area contributed by atoms with E-state index in [1.165, 1.54) is 6.20 Å².